The van der Waals surface area contributed by atoms with Gasteiger partial charge in [0.15, 0.2) is 0 Å². The second kappa shape index (κ2) is 6.84. The maximum atomic E-state index is 13.6. The van der Waals surface area contributed by atoms with Crippen molar-refractivity contribution >= 4 is 40.6 Å². The molecule has 8 heteroatoms. The number of amides is 2. The molecule has 7 atom stereocenters. The number of aromatic hydroxyl groups is 1. The molecule has 0 spiro atoms. The van der Waals surface area contributed by atoms with Crippen LogP contribution in [0.5, 0.6) is 5.75 Å². The molecule has 2 aliphatic heterocycles. The predicted octanol–water partition coefficient (Wildman–Crippen LogP) is 3.82. The molecule has 1 aromatic heterocycles. The van der Waals surface area contributed by atoms with Gasteiger partial charge in [-0.1, -0.05) is 41.7 Å². The molecule has 3 heterocycles. The Morgan fingerprint density at radius 2 is 1.61 bits per heavy atom. The molecular weight excluding hydrogens is 456 g/mol. The van der Waals surface area contributed by atoms with Crippen molar-refractivity contribution in [3.05, 3.63) is 74.7 Å². The zero-order valence-corrected chi connectivity index (χ0v) is 19.0. The zero-order valence-electron chi connectivity index (χ0n) is 17.4. The highest BCUT2D eigenvalue weighted by atomic mass is 32.2. The van der Waals surface area contributed by atoms with Gasteiger partial charge in [0.25, 0.3) is 0 Å². The van der Waals surface area contributed by atoms with E-state index in [1.54, 1.807) is 23.9 Å². The molecule has 2 saturated carbocycles. The van der Waals surface area contributed by atoms with Gasteiger partial charge in [-0.25, -0.2) is 0 Å². The first-order valence-electron chi connectivity index (χ1n) is 11.1. The van der Waals surface area contributed by atoms with E-state index in [2.05, 4.69) is 4.98 Å². The Labute approximate surface area is 197 Å². The van der Waals surface area contributed by atoms with E-state index < -0.39 is 0 Å². The van der Waals surface area contributed by atoms with E-state index >= 15 is 0 Å². The summed E-state index contributed by atoms with van der Waals surface area (Å²) in [5.74, 6) is -0.213. The Morgan fingerprint density at radius 1 is 0.909 bits per heavy atom. The molecule has 3 aromatic rings. The number of hydrogen-bond acceptors (Lipinski definition) is 6. The zero-order chi connectivity index (χ0) is 22.4. The van der Waals surface area contributed by atoms with Crippen molar-refractivity contribution in [1.29, 1.82) is 0 Å². The maximum Gasteiger partial charge on any atom is 0.305 e. The molecule has 166 valence electrons. The summed E-state index contributed by atoms with van der Waals surface area (Å²) in [7, 11) is 0. The lowest BCUT2D eigenvalue weighted by atomic mass is 9.68. The van der Waals surface area contributed by atoms with Crippen LogP contribution in [0.4, 0.5) is 5.69 Å². The molecule has 1 saturated heterocycles. The normalized spacial score (nSPS) is 33.8. The fraction of sp³-hybridized carbons (Fsp3) is 0.320. The van der Waals surface area contributed by atoms with Gasteiger partial charge >= 0.3 is 4.87 Å². The maximum absolute atomic E-state index is 13.6. The van der Waals surface area contributed by atoms with E-state index in [4.69, 9.17) is 0 Å². The molecule has 2 aromatic carbocycles. The number of para-hydroxylation sites is 1. The number of carbonyl (C=O) groups excluding carboxylic acids is 2. The van der Waals surface area contributed by atoms with Gasteiger partial charge in [-0.15, -0.1) is 11.8 Å². The van der Waals surface area contributed by atoms with Crippen molar-refractivity contribution in [3.8, 4) is 5.75 Å². The summed E-state index contributed by atoms with van der Waals surface area (Å²) in [6, 6.07) is 16.4. The van der Waals surface area contributed by atoms with Crippen LogP contribution in [-0.4, -0.2) is 27.2 Å². The van der Waals surface area contributed by atoms with Gasteiger partial charge in [0, 0.05) is 16.0 Å². The molecule has 6 nitrogen and oxygen atoms in total. The number of nitrogens with one attached hydrogen (secondary N) is 1. The van der Waals surface area contributed by atoms with E-state index in [1.807, 2.05) is 42.5 Å². The molecule has 0 radical (unpaired) electrons. The first-order valence-corrected chi connectivity index (χ1v) is 12.8. The van der Waals surface area contributed by atoms with E-state index in [0.29, 0.717) is 5.69 Å². The number of phenolic OH excluding ortho intramolecular Hbond substituents is 1. The average molecular weight is 477 g/mol. The van der Waals surface area contributed by atoms with Crippen LogP contribution in [0.3, 0.4) is 0 Å². The highest BCUT2D eigenvalue weighted by Crippen LogP contribution is 2.68. The van der Waals surface area contributed by atoms with Crippen LogP contribution < -0.4 is 9.77 Å². The monoisotopic (exact) mass is 476 g/mol. The number of thioether (sulfide) groups is 1. The number of aromatic amines is 1. The Balaban J connectivity index is 1.34. The molecule has 4 aliphatic rings. The number of fused-ring (bicyclic) bond motifs is 9. The van der Waals surface area contributed by atoms with Crippen LogP contribution in [0.2, 0.25) is 0 Å². The summed E-state index contributed by atoms with van der Waals surface area (Å²) in [5, 5.41) is 10.9. The van der Waals surface area contributed by atoms with Crippen molar-refractivity contribution in [2.75, 3.05) is 4.90 Å². The fourth-order valence-electron chi connectivity index (χ4n) is 6.90. The Morgan fingerprint density at radius 3 is 2.33 bits per heavy atom. The van der Waals surface area contributed by atoms with Crippen molar-refractivity contribution < 1.29 is 14.7 Å². The molecule has 0 unspecified atom stereocenters. The van der Waals surface area contributed by atoms with Crippen molar-refractivity contribution in [2.45, 2.75) is 22.6 Å². The highest BCUT2D eigenvalue weighted by Gasteiger charge is 2.69. The highest BCUT2D eigenvalue weighted by molar-refractivity contribution is 8.00. The molecule has 7 rings (SSSR count). The third-order valence-electron chi connectivity index (χ3n) is 7.99. The quantitative estimate of drug-likeness (QED) is 0.549. The second-order valence-corrected chi connectivity index (χ2v) is 11.6. The largest absolute Gasteiger partial charge is 0.508 e. The molecule has 2 amide bonds. The number of rotatable bonds is 2. The van der Waals surface area contributed by atoms with Crippen molar-refractivity contribution in [2.24, 2.45) is 29.6 Å². The van der Waals surface area contributed by atoms with Gasteiger partial charge in [-0.3, -0.25) is 19.3 Å². The van der Waals surface area contributed by atoms with E-state index in [9.17, 15) is 19.5 Å². The van der Waals surface area contributed by atoms with Gasteiger partial charge in [0.1, 0.15) is 5.75 Å². The molecule has 2 N–H and O–H groups in total. The van der Waals surface area contributed by atoms with Gasteiger partial charge in [0.05, 0.1) is 22.5 Å². The average Bonchev–Trinajstić information content (AvgIpc) is 3.54. The first kappa shape index (κ1) is 19.6. The number of phenols is 1. The van der Waals surface area contributed by atoms with E-state index in [1.165, 1.54) is 16.2 Å². The van der Waals surface area contributed by atoms with Gasteiger partial charge in [-0.05, 0) is 54.0 Å². The Bertz CT molecular complexity index is 1350. The van der Waals surface area contributed by atoms with Crippen LogP contribution in [0.25, 0.3) is 0 Å². The lowest BCUT2D eigenvalue weighted by molar-refractivity contribution is -0.123. The summed E-state index contributed by atoms with van der Waals surface area (Å²) < 4.78 is 0. The summed E-state index contributed by atoms with van der Waals surface area (Å²) >= 11 is 2.93. The molecule has 33 heavy (non-hydrogen) atoms. The van der Waals surface area contributed by atoms with Gasteiger partial charge < -0.3 is 10.1 Å². The minimum atomic E-state index is -0.304. The topological polar surface area (TPSA) is 90.5 Å². The summed E-state index contributed by atoms with van der Waals surface area (Å²) in [6.45, 7) is 0. The third kappa shape index (κ3) is 2.59. The Hall–Kier alpha value is -2.84. The molecule has 2 bridgehead atoms. The Kier molecular flexibility index (Phi) is 4.06. The first-order chi connectivity index (χ1) is 16.0. The van der Waals surface area contributed by atoms with Crippen LogP contribution in [0.15, 0.2) is 64.4 Å². The van der Waals surface area contributed by atoms with E-state index in [-0.39, 0.29) is 63.2 Å². The standard InChI is InChI=1S/C25H20N2O4S2/c28-13-8-6-11(7-9-13)16-17-14-10-15(20(17)32-22-21(16)33-25(31)26-22)19-18(14)23(29)27(24(19)30)12-4-2-1-3-5-12/h1-9,14-20,28H,10H2,(H,26,31)/t14-,15-,16-,17-,18-,19-,20+/m0/s1. The predicted molar refractivity (Wildman–Crippen MR) is 126 cm³/mol. The van der Waals surface area contributed by atoms with Crippen LogP contribution in [-0.2, 0) is 9.59 Å². The number of imide groups is 1. The number of benzene rings is 2. The smallest absolute Gasteiger partial charge is 0.305 e. The minimum Gasteiger partial charge on any atom is -0.508 e. The number of H-pyrrole nitrogens is 1. The third-order valence-corrected chi connectivity index (χ3v) is 10.6. The van der Waals surface area contributed by atoms with Crippen molar-refractivity contribution in [3.63, 3.8) is 0 Å². The van der Waals surface area contributed by atoms with Crippen molar-refractivity contribution in [1.82, 2.24) is 4.98 Å². The van der Waals surface area contributed by atoms with Crippen LogP contribution in [0, 0.1) is 29.6 Å². The lowest BCUT2D eigenvalue weighted by Gasteiger charge is -2.43. The second-order valence-electron chi connectivity index (χ2n) is 9.40. The summed E-state index contributed by atoms with van der Waals surface area (Å²) in [5.41, 5.74) is 1.69. The summed E-state index contributed by atoms with van der Waals surface area (Å²) in [4.78, 5) is 44.8. The molecular formula is C25H20N2O4S2. The van der Waals surface area contributed by atoms with Gasteiger partial charge in [0.2, 0.25) is 11.8 Å². The molecule has 3 fully saturated rings. The number of thiazole rings is 1. The number of nitrogens with zero attached hydrogens (tertiary/aromatic N) is 1. The number of hydrogen-bond donors (Lipinski definition) is 2. The number of anilines is 1. The lowest BCUT2D eigenvalue weighted by Crippen LogP contribution is -2.42. The van der Waals surface area contributed by atoms with Crippen LogP contribution >= 0.6 is 23.1 Å². The van der Waals surface area contributed by atoms with Crippen LogP contribution in [0.1, 0.15) is 22.8 Å². The number of aromatic nitrogens is 1. The summed E-state index contributed by atoms with van der Waals surface area (Å²) in [6.07, 6.45) is 0.867. The SMILES string of the molecule is O=C1[C@H]2[C@@H]3C[C@H]([C@@H]2C(=O)N1c1ccccc1)[C@H]1[C@H](c2ccc(O)cc2)c2sc(=O)[nH]c2S[C@H]31. The molecule has 2 aliphatic carbocycles. The fourth-order valence-corrected chi connectivity index (χ4v) is 9.79. The van der Waals surface area contributed by atoms with E-state index in [0.717, 1.165) is 21.9 Å². The van der Waals surface area contributed by atoms with Gasteiger partial charge in [-0.2, -0.15) is 0 Å². The number of carbonyl (C=O) groups is 2. The minimum absolute atomic E-state index is 0.0274.